The van der Waals surface area contributed by atoms with Crippen molar-refractivity contribution in [3.05, 3.63) is 34.1 Å². The minimum absolute atomic E-state index is 0.167. The topological polar surface area (TPSA) is 29.1 Å². The summed E-state index contributed by atoms with van der Waals surface area (Å²) in [6.45, 7) is 2.92. The van der Waals surface area contributed by atoms with Crippen molar-refractivity contribution in [3.63, 3.8) is 0 Å². The van der Waals surface area contributed by atoms with Gasteiger partial charge in [-0.2, -0.15) is 0 Å². The quantitative estimate of drug-likeness (QED) is 0.924. The van der Waals surface area contributed by atoms with Crippen LogP contribution in [0, 0.1) is 5.82 Å². The molecule has 0 aromatic heterocycles. The van der Waals surface area contributed by atoms with Crippen LogP contribution in [0.5, 0.6) is 0 Å². The number of rotatable bonds is 4. The smallest absolute Gasteiger partial charge is 0.157 e. The second-order valence-corrected chi connectivity index (χ2v) is 5.76. The van der Waals surface area contributed by atoms with Crippen LogP contribution in [0.25, 0.3) is 0 Å². The molecule has 0 radical (unpaired) electrons. The number of halogens is 2. The Hall–Kier alpha value is -0.740. The molecule has 2 rings (SSSR count). The highest BCUT2D eigenvalue weighted by atomic mass is 79.9. The van der Waals surface area contributed by atoms with Gasteiger partial charge in [0.25, 0.3) is 0 Å². The fourth-order valence-corrected chi connectivity index (χ4v) is 3.12. The van der Waals surface area contributed by atoms with Gasteiger partial charge in [0.2, 0.25) is 0 Å². The number of ketones is 1. The Balaban J connectivity index is 2.15. The van der Waals surface area contributed by atoms with Crippen LogP contribution in [0.3, 0.4) is 0 Å². The summed E-state index contributed by atoms with van der Waals surface area (Å²) in [5.74, 6) is -0.142. The lowest BCUT2D eigenvalue weighted by molar-refractivity contribution is -0.124. The molecule has 1 aliphatic rings. The molecule has 1 aromatic carbocycles. The van der Waals surface area contributed by atoms with E-state index in [0.717, 1.165) is 31.4 Å². The summed E-state index contributed by atoms with van der Waals surface area (Å²) in [6.07, 6.45) is 3.00. The van der Waals surface area contributed by atoms with Crippen LogP contribution < -0.4 is 5.32 Å². The molecular formula is C14H17BrFNO. The number of Topliss-reactive ketones (excluding diaryl/α,β-unsaturated/α-hetero) is 1. The van der Waals surface area contributed by atoms with E-state index in [2.05, 4.69) is 21.2 Å². The molecule has 1 aliphatic heterocycles. The van der Waals surface area contributed by atoms with E-state index in [1.54, 1.807) is 6.07 Å². The van der Waals surface area contributed by atoms with E-state index < -0.39 is 5.54 Å². The lowest BCUT2D eigenvalue weighted by Gasteiger charge is -2.26. The van der Waals surface area contributed by atoms with E-state index in [1.807, 2.05) is 6.92 Å². The molecule has 0 amide bonds. The summed E-state index contributed by atoms with van der Waals surface area (Å²) >= 11 is 3.25. The van der Waals surface area contributed by atoms with E-state index >= 15 is 0 Å². The van der Waals surface area contributed by atoms with Gasteiger partial charge in [0, 0.05) is 10.9 Å². The molecule has 1 N–H and O–H groups in total. The molecule has 2 nitrogen and oxygen atoms in total. The molecule has 1 atom stereocenters. The maximum Gasteiger partial charge on any atom is 0.157 e. The fraction of sp³-hybridized carbons (Fsp3) is 0.500. The fourth-order valence-electron chi connectivity index (χ4n) is 2.61. The van der Waals surface area contributed by atoms with E-state index in [-0.39, 0.29) is 18.0 Å². The minimum atomic E-state index is -0.390. The zero-order valence-electron chi connectivity index (χ0n) is 10.4. The Morgan fingerprint density at radius 1 is 1.50 bits per heavy atom. The molecule has 1 heterocycles. The Morgan fingerprint density at radius 2 is 2.28 bits per heavy atom. The molecule has 18 heavy (non-hydrogen) atoms. The van der Waals surface area contributed by atoms with Crippen LogP contribution in [0.15, 0.2) is 22.7 Å². The average molecular weight is 314 g/mol. The molecule has 1 unspecified atom stereocenters. The van der Waals surface area contributed by atoms with Crippen molar-refractivity contribution in [2.75, 3.05) is 6.54 Å². The third-order valence-corrected chi connectivity index (χ3v) is 4.13. The summed E-state index contributed by atoms with van der Waals surface area (Å²) in [5, 5.41) is 3.31. The van der Waals surface area contributed by atoms with Gasteiger partial charge in [-0.15, -0.1) is 0 Å². The molecule has 1 saturated heterocycles. The van der Waals surface area contributed by atoms with Gasteiger partial charge in [-0.1, -0.05) is 22.9 Å². The van der Waals surface area contributed by atoms with Crippen molar-refractivity contribution in [2.24, 2.45) is 0 Å². The van der Waals surface area contributed by atoms with Gasteiger partial charge in [-0.25, -0.2) is 4.39 Å². The lowest BCUT2D eigenvalue weighted by Crippen LogP contribution is -2.47. The van der Waals surface area contributed by atoms with Crippen molar-refractivity contribution >= 4 is 21.7 Å². The summed E-state index contributed by atoms with van der Waals surface area (Å²) < 4.78 is 14.0. The first kappa shape index (κ1) is 13.7. The molecule has 0 aliphatic carbocycles. The number of carbonyl (C=O) groups is 1. The third kappa shape index (κ3) is 2.81. The van der Waals surface area contributed by atoms with Gasteiger partial charge in [0.15, 0.2) is 5.78 Å². The van der Waals surface area contributed by atoms with Crippen LogP contribution in [0.1, 0.15) is 31.7 Å². The highest BCUT2D eigenvalue weighted by Crippen LogP contribution is 2.26. The highest BCUT2D eigenvalue weighted by molar-refractivity contribution is 9.10. The Bertz CT molecular complexity index is 435. The summed E-state index contributed by atoms with van der Waals surface area (Å²) in [5.41, 5.74) is 0.340. The van der Waals surface area contributed by atoms with Crippen molar-refractivity contribution in [2.45, 2.75) is 38.1 Å². The van der Waals surface area contributed by atoms with Crippen molar-refractivity contribution in [3.8, 4) is 0 Å². The summed E-state index contributed by atoms with van der Waals surface area (Å²) in [4.78, 5) is 12.4. The van der Waals surface area contributed by atoms with Gasteiger partial charge in [-0.05, 0) is 49.6 Å². The maximum absolute atomic E-state index is 13.3. The van der Waals surface area contributed by atoms with E-state index in [4.69, 9.17) is 0 Å². The van der Waals surface area contributed by atoms with Gasteiger partial charge in [0.05, 0.1) is 5.54 Å². The number of hydrogen-bond donors (Lipinski definition) is 1. The maximum atomic E-state index is 13.3. The van der Waals surface area contributed by atoms with E-state index in [9.17, 15) is 9.18 Å². The first-order chi connectivity index (χ1) is 8.55. The first-order valence-electron chi connectivity index (χ1n) is 6.29. The largest absolute Gasteiger partial charge is 0.305 e. The second-order valence-electron chi connectivity index (χ2n) is 4.84. The van der Waals surface area contributed by atoms with E-state index in [1.165, 1.54) is 12.1 Å². The van der Waals surface area contributed by atoms with Crippen LogP contribution in [-0.2, 0) is 11.2 Å². The molecule has 1 aromatic rings. The molecule has 0 saturated carbocycles. The minimum Gasteiger partial charge on any atom is -0.305 e. The Kier molecular flexibility index (Phi) is 4.17. The number of nitrogens with one attached hydrogen (secondary N) is 1. The molecule has 1 fully saturated rings. The van der Waals surface area contributed by atoms with Crippen molar-refractivity contribution < 1.29 is 9.18 Å². The zero-order chi connectivity index (χ0) is 13.2. The second kappa shape index (κ2) is 5.49. The van der Waals surface area contributed by atoms with Crippen molar-refractivity contribution in [1.29, 1.82) is 0 Å². The van der Waals surface area contributed by atoms with Crippen LogP contribution in [0.2, 0.25) is 0 Å². The van der Waals surface area contributed by atoms with Gasteiger partial charge in [-0.3, -0.25) is 4.79 Å². The predicted molar refractivity (Wildman–Crippen MR) is 73.1 cm³/mol. The SMILES string of the molecule is CCC1(C(=O)Cc2cc(F)cc(Br)c2)CCCN1. The van der Waals surface area contributed by atoms with Crippen LogP contribution in [-0.4, -0.2) is 17.9 Å². The normalized spacial score (nSPS) is 23.3. The standard InChI is InChI=1S/C14H17BrFNO/c1-2-14(4-3-5-17-14)13(18)8-10-6-11(15)9-12(16)7-10/h6-7,9,17H,2-5,8H2,1H3. The van der Waals surface area contributed by atoms with Crippen LogP contribution in [0.4, 0.5) is 4.39 Å². The zero-order valence-corrected chi connectivity index (χ0v) is 12.0. The Morgan fingerprint density at radius 3 is 2.83 bits per heavy atom. The number of benzene rings is 1. The molecule has 0 bridgehead atoms. The average Bonchev–Trinajstić information content (AvgIpc) is 2.77. The molecule has 0 spiro atoms. The Labute approximate surface area is 115 Å². The van der Waals surface area contributed by atoms with Crippen molar-refractivity contribution in [1.82, 2.24) is 5.32 Å². The molecule has 98 valence electrons. The number of hydrogen-bond acceptors (Lipinski definition) is 2. The van der Waals surface area contributed by atoms with Gasteiger partial charge < -0.3 is 5.32 Å². The highest BCUT2D eigenvalue weighted by Gasteiger charge is 2.38. The first-order valence-corrected chi connectivity index (χ1v) is 7.08. The summed E-state index contributed by atoms with van der Waals surface area (Å²) in [6, 6.07) is 4.64. The lowest BCUT2D eigenvalue weighted by atomic mass is 9.86. The summed E-state index contributed by atoms with van der Waals surface area (Å²) in [7, 11) is 0. The van der Waals surface area contributed by atoms with Gasteiger partial charge in [0.1, 0.15) is 5.82 Å². The van der Waals surface area contributed by atoms with Crippen LogP contribution >= 0.6 is 15.9 Å². The third-order valence-electron chi connectivity index (χ3n) is 3.67. The van der Waals surface area contributed by atoms with E-state index in [0.29, 0.717) is 4.47 Å². The monoisotopic (exact) mass is 313 g/mol. The molecular weight excluding hydrogens is 297 g/mol. The number of carbonyl (C=O) groups excluding carboxylic acids is 1. The predicted octanol–water partition coefficient (Wildman–Crippen LogP) is 3.23. The van der Waals surface area contributed by atoms with Gasteiger partial charge >= 0.3 is 0 Å². The molecule has 4 heteroatoms.